The summed E-state index contributed by atoms with van der Waals surface area (Å²) in [6.07, 6.45) is 6.89. The number of fused-ring (bicyclic) bond motifs is 1. The van der Waals surface area contributed by atoms with E-state index in [-0.39, 0.29) is 12.2 Å². The maximum Gasteiger partial charge on any atom is 0.282 e. The third-order valence-electron chi connectivity index (χ3n) is 4.11. The number of benzene rings is 2. The van der Waals surface area contributed by atoms with Crippen molar-refractivity contribution < 1.29 is 4.74 Å². The Balaban J connectivity index is 2.06. The summed E-state index contributed by atoms with van der Waals surface area (Å²) in [6.45, 7) is 1.88. The fourth-order valence-corrected chi connectivity index (χ4v) is 3.03. The van der Waals surface area contributed by atoms with Gasteiger partial charge in [-0.25, -0.2) is 4.98 Å². The highest BCUT2D eigenvalue weighted by molar-refractivity contribution is 9.10. The second-order valence-electron chi connectivity index (χ2n) is 6.29. The maximum absolute atomic E-state index is 12.8. The van der Waals surface area contributed by atoms with Gasteiger partial charge in [-0.05, 0) is 37.3 Å². The van der Waals surface area contributed by atoms with Crippen LogP contribution in [0.5, 0.6) is 5.75 Å². The van der Waals surface area contributed by atoms with Gasteiger partial charge in [-0.15, -0.1) is 6.42 Å². The van der Waals surface area contributed by atoms with E-state index in [2.05, 4.69) is 31.9 Å². The van der Waals surface area contributed by atoms with E-state index >= 15 is 0 Å². The van der Waals surface area contributed by atoms with Crippen molar-refractivity contribution in [1.82, 2.24) is 9.66 Å². The third-order valence-corrected chi connectivity index (χ3v) is 4.60. The average molecular weight is 439 g/mol. The second-order valence-corrected chi connectivity index (χ2v) is 7.21. The summed E-state index contributed by atoms with van der Waals surface area (Å²) < 4.78 is 7.73. The van der Waals surface area contributed by atoms with E-state index in [0.717, 1.165) is 10.2 Å². The molecule has 0 atom stereocenters. The molecule has 0 aliphatic rings. The number of nitrogens with zero attached hydrogens (tertiary/aromatic N) is 4. The molecule has 0 radical (unpaired) electrons. The van der Waals surface area contributed by atoms with Crippen LogP contribution in [0.4, 0.5) is 5.69 Å². The van der Waals surface area contributed by atoms with Crippen molar-refractivity contribution in [3.63, 3.8) is 0 Å². The quantitative estimate of drug-likeness (QED) is 0.452. The standard InChI is InChI=1S/C21H19BrN4O2/c1-5-10-28-20-12-17(25(3)4)8-6-15(20)13-23-26-14(2)24-19-9-7-16(22)11-18(19)21(26)27/h1,6-9,11-13H,10H2,2-4H3. The first-order valence-corrected chi connectivity index (χ1v) is 9.31. The van der Waals surface area contributed by atoms with Crippen molar-refractivity contribution in [3.05, 3.63) is 62.6 Å². The summed E-state index contributed by atoms with van der Waals surface area (Å²) in [4.78, 5) is 19.3. The van der Waals surface area contributed by atoms with Gasteiger partial charge in [-0.3, -0.25) is 4.79 Å². The highest BCUT2D eigenvalue weighted by atomic mass is 79.9. The van der Waals surface area contributed by atoms with Crippen LogP contribution in [-0.2, 0) is 0 Å². The van der Waals surface area contributed by atoms with Crippen molar-refractivity contribution in [2.75, 3.05) is 25.6 Å². The van der Waals surface area contributed by atoms with Gasteiger partial charge in [0, 0.05) is 35.9 Å². The van der Waals surface area contributed by atoms with E-state index in [1.54, 1.807) is 25.3 Å². The molecule has 28 heavy (non-hydrogen) atoms. The molecule has 142 valence electrons. The number of ether oxygens (including phenoxy) is 1. The largest absolute Gasteiger partial charge is 0.480 e. The first-order chi connectivity index (χ1) is 13.4. The fraction of sp³-hybridized carbons (Fsp3) is 0.190. The molecule has 0 fully saturated rings. The maximum atomic E-state index is 12.8. The van der Waals surface area contributed by atoms with E-state index in [0.29, 0.717) is 28.0 Å². The number of terminal acetylenes is 1. The van der Waals surface area contributed by atoms with Crippen LogP contribution in [0, 0.1) is 19.3 Å². The summed E-state index contributed by atoms with van der Waals surface area (Å²) in [6, 6.07) is 11.1. The summed E-state index contributed by atoms with van der Waals surface area (Å²) in [5.41, 5.74) is 2.07. The lowest BCUT2D eigenvalue weighted by molar-refractivity contribution is 0.370. The van der Waals surface area contributed by atoms with Gasteiger partial charge in [0.2, 0.25) is 0 Å². The van der Waals surface area contributed by atoms with Gasteiger partial charge in [0.25, 0.3) is 5.56 Å². The van der Waals surface area contributed by atoms with Crippen LogP contribution in [0.2, 0.25) is 0 Å². The van der Waals surface area contributed by atoms with Crippen molar-refractivity contribution >= 4 is 38.7 Å². The number of halogens is 1. The monoisotopic (exact) mass is 438 g/mol. The highest BCUT2D eigenvalue weighted by Crippen LogP contribution is 2.24. The van der Waals surface area contributed by atoms with Crippen molar-refractivity contribution in [3.8, 4) is 18.1 Å². The minimum Gasteiger partial charge on any atom is -0.480 e. The number of rotatable bonds is 5. The third kappa shape index (κ3) is 4.07. The molecule has 0 saturated heterocycles. The lowest BCUT2D eigenvalue weighted by Crippen LogP contribution is -2.20. The first kappa shape index (κ1) is 19.6. The Morgan fingerprint density at radius 3 is 2.82 bits per heavy atom. The van der Waals surface area contributed by atoms with Gasteiger partial charge in [0.15, 0.2) is 0 Å². The first-order valence-electron chi connectivity index (χ1n) is 8.51. The molecule has 3 aromatic rings. The Kier molecular flexibility index (Phi) is 5.81. The molecule has 1 aromatic heterocycles. The highest BCUT2D eigenvalue weighted by Gasteiger charge is 2.09. The molecule has 0 aliphatic heterocycles. The zero-order valence-electron chi connectivity index (χ0n) is 15.8. The van der Waals surface area contributed by atoms with Crippen molar-refractivity contribution in [1.29, 1.82) is 0 Å². The molecule has 2 aromatic carbocycles. The number of aromatic nitrogens is 2. The molecule has 0 amide bonds. The minimum atomic E-state index is -0.240. The second kappa shape index (κ2) is 8.28. The SMILES string of the molecule is C#CCOc1cc(N(C)C)ccc1C=Nn1c(C)nc2ccc(Br)cc2c1=O. The molecule has 0 saturated carbocycles. The van der Waals surface area contributed by atoms with Crippen LogP contribution < -0.4 is 15.2 Å². The predicted molar refractivity (Wildman–Crippen MR) is 117 cm³/mol. The van der Waals surface area contributed by atoms with Gasteiger partial charge in [0.1, 0.15) is 18.2 Å². The van der Waals surface area contributed by atoms with E-state index in [1.165, 1.54) is 4.68 Å². The van der Waals surface area contributed by atoms with Crippen LogP contribution in [0.25, 0.3) is 10.9 Å². The van der Waals surface area contributed by atoms with Gasteiger partial charge in [-0.2, -0.15) is 9.78 Å². The van der Waals surface area contributed by atoms with Gasteiger partial charge in [-0.1, -0.05) is 21.9 Å². The van der Waals surface area contributed by atoms with Gasteiger partial charge < -0.3 is 9.64 Å². The fourth-order valence-electron chi connectivity index (χ4n) is 2.67. The van der Waals surface area contributed by atoms with Crippen molar-refractivity contribution in [2.45, 2.75) is 6.92 Å². The molecule has 0 spiro atoms. The summed E-state index contributed by atoms with van der Waals surface area (Å²) >= 11 is 3.39. The topological polar surface area (TPSA) is 59.7 Å². The molecule has 6 nitrogen and oxygen atoms in total. The predicted octanol–water partition coefficient (Wildman–Crippen LogP) is 3.43. The molecular weight excluding hydrogens is 420 g/mol. The number of hydrogen-bond donors (Lipinski definition) is 0. The van der Waals surface area contributed by atoms with E-state index in [4.69, 9.17) is 11.2 Å². The number of aryl methyl sites for hydroxylation is 1. The summed E-state index contributed by atoms with van der Waals surface area (Å²) in [5.74, 6) is 3.54. The van der Waals surface area contributed by atoms with Crippen LogP contribution in [0.1, 0.15) is 11.4 Å². The minimum absolute atomic E-state index is 0.141. The Morgan fingerprint density at radius 2 is 2.11 bits per heavy atom. The summed E-state index contributed by atoms with van der Waals surface area (Å²) in [7, 11) is 3.88. The molecule has 1 heterocycles. The van der Waals surface area contributed by atoms with Crippen LogP contribution >= 0.6 is 15.9 Å². The molecule has 7 heteroatoms. The van der Waals surface area contributed by atoms with Crippen molar-refractivity contribution in [2.24, 2.45) is 5.10 Å². The average Bonchev–Trinajstić information content (AvgIpc) is 2.67. The van der Waals surface area contributed by atoms with E-state index in [1.807, 2.05) is 43.3 Å². The molecular formula is C21H19BrN4O2. The molecule has 0 N–H and O–H groups in total. The zero-order valence-corrected chi connectivity index (χ0v) is 17.4. The number of hydrogen-bond acceptors (Lipinski definition) is 5. The van der Waals surface area contributed by atoms with Gasteiger partial charge >= 0.3 is 0 Å². The van der Waals surface area contributed by atoms with Crippen LogP contribution in [0.3, 0.4) is 0 Å². The smallest absolute Gasteiger partial charge is 0.282 e. The molecule has 0 aliphatic carbocycles. The Morgan fingerprint density at radius 1 is 1.32 bits per heavy atom. The van der Waals surface area contributed by atoms with Crippen LogP contribution in [0.15, 0.2) is 50.8 Å². The normalized spacial score (nSPS) is 11.0. The Hall–Kier alpha value is -3.11. The molecule has 0 unspecified atom stereocenters. The zero-order chi connectivity index (χ0) is 20.3. The van der Waals surface area contributed by atoms with Gasteiger partial charge in [0.05, 0.1) is 17.1 Å². The lowest BCUT2D eigenvalue weighted by Gasteiger charge is -2.15. The van der Waals surface area contributed by atoms with E-state index < -0.39 is 0 Å². The Labute approximate surface area is 171 Å². The van der Waals surface area contributed by atoms with E-state index in [9.17, 15) is 4.79 Å². The molecule has 0 bridgehead atoms. The lowest BCUT2D eigenvalue weighted by atomic mass is 10.2. The number of anilines is 1. The van der Waals surface area contributed by atoms with Crippen LogP contribution in [-0.4, -0.2) is 36.6 Å². The Bertz CT molecular complexity index is 1160. The molecule has 3 rings (SSSR count). The summed E-state index contributed by atoms with van der Waals surface area (Å²) in [5, 5.41) is 4.84.